The molecule has 0 aliphatic carbocycles. The maximum Gasteiger partial charge on any atom is 0.362 e. The molecule has 0 saturated heterocycles. The molecule has 0 aromatic heterocycles. The van der Waals surface area contributed by atoms with Crippen molar-refractivity contribution in [2.75, 3.05) is 41.0 Å². The van der Waals surface area contributed by atoms with Crippen LogP contribution in [0, 0.1) is 0 Å². The van der Waals surface area contributed by atoms with Gasteiger partial charge in [0.2, 0.25) is 0 Å². The van der Waals surface area contributed by atoms with Crippen LogP contribution in [0.5, 0.6) is 0 Å². The number of carboxylic acid groups (broad SMARTS) is 1. The van der Waals surface area contributed by atoms with Crippen LogP contribution in [0.15, 0.2) is 0 Å². The Balaban J connectivity index is 4.04. The molecular formula is C43H84NO7+. The molecule has 0 saturated carbocycles. The Kier molecular flexibility index (Phi) is 34.2. The smallest absolute Gasteiger partial charge is 0.362 e. The third-order valence-corrected chi connectivity index (χ3v) is 10.0. The number of rotatable bonds is 39. The lowest BCUT2D eigenvalue weighted by Crippen LogP contribution is -2.50. The van der Waals surface area contributed by atoms with Crippen LogP contribution in [0.4, 0.5) is 0 Å². The molecule has 8 heteroatoms. The molecule has 0 aromatic carbocycles. The van der Waals surface area contributed by atoms with Gasteiger partial charge in [0.05, 0.1) is 34.4 Å². The minimum Gasteiger partial charge on any atom is -0.477 e. The summed E-state index contributed by atoms with van der Waals surface area (Å²) in [6.07, 6.45) is 34.8. The summed E-state index contributed by atoms with van der Waals surface area (Å²) in [5, 5.41) is 9.57. The van der Waals surface area contributed by atoms with Crippen molar-refractivity contribution in [1.82, 2.24) is 0 Å². The van der Waals surface area contributed by atoms with E-state index >= 15 is 0 Å². The minimum atomic E-state index is -0.873. The largest absolute Gasteiger partial charge is 0.477 e. The first-order valence-corrected chi connectivity index (χ1v) is 21.6. The van der Waals surface area contributed by atoms with E-state index in [0.717, 1.165) is 44.9 Å². The van der Waals surface area contributed by atoms with E-state index in [1.54, 1.807) is 0 Å². The van der Waals surface area contributed by atoms with Gasteiger partial charge in [0.15, 0.2) is 12.1 Å². The lowest BCUT2D eigenvalue weighted by atomic mass is 10.0. The van der Waals surface area contributed by atoms with Gasteiger partial charge >= 0.3 is 17.9 Å². The Labute approximate surface area is 315 Å². The van der Waals surface area contributed by atoms with E-state index < -0.39 is 18.1 Å². The van der Waals surface area contributed by atoms with Crippen molar-refractivity contribution >= 4 is 17.9 Å². The molecule has 0 aliphatic heterocycles. The molecule has 51 heavy (non-hydrogen) atoms. The molecule has 0 rings (SSSR count). The highest BCUT2D eigenvalue weighted by Crippen LogP contribution is 2.16. The monoisotopic (exact) mass is 727 g/mol. The number of likely N-dealkylation sites (N-methyl/N-ethyl adjacent to an activating group) is 1. The second-order valence-electron chi connectivity index (χ2n) is 16.0. The normalized spacial score (nSPS) is 12.9. The summed E-state index contributed by atoms with van der Waals surface area (Å²) in [5.74, 6) is -1.47. The van der Waals surface area contributed by atoms with E-state index in [0.29, 0.717) is 19.3 Å². The Bertz CT molecular complexity index is 813. The van der Waals surface area contributed by atoms with Crippen molar-refractivity contribution in [2.45, 2.75) is 219 Å². The quantitative estimate of drug-likeness (QED) is 0.0382. The third-order valence-electron chi connectivity index (χ3n) is 10.0. The Hall–Kier alpha value is -1.67. The number of ether oxygens (including phenoxy) is 3. The van der Waals surface area contributed by atoms with Gasteiger partial charge in [0.25, 0.3) is 0 Å². The van der Waals surface area contributed by atoms with Gasteiger partial charge in [-0.05, 0) is 12.8 Å². The topological polar surface area (TPSA) is 99.1 Å². The number of carboxylic acids is 1. The lowest BCUT2D eigenvalue weighted by molar-refractivity contribution is -0.887. The molecule has 2 atom stereocenters. The van der Waals surface area contributed by atoms with Crippen molar-refractivity contribution in [3.05, 3.63) is 0 Å². The summed E-state index contributed by atoms with van der Waals surface area (Å²) >= 11 is 0. The zero-order chi connectivity index (χ0) is 37.8. The fourth-order valence-electron chi connectivity index (χ4n) is 6.62. The minimum absolute atomic E-state index is 0.0451. The van der Waals surface area contributed by atoms with Gasteiger partial charge in [-0.3, -0.25) is 9.59 Å². The first kappa shape index (κ1) is 49.3. The van der Waals surface area contributed by atoms with E-state index in [1.165, 1.54) is 128 Å². The molecular weight excluding hydrogens is 642 g/mol. The van der Waals surface area contributed by atoms with E-state index in [1.807, 2.05) is 21.1 Å². The summed E-state index contributed by atoms with van der Waals surface area (Å²) in [7, 11) is 5.52. The predicted molar refractivity (Wildman–Crippen MR) is 211 cm³/mol. The standard InChI is InChI=1S/C43H83NO7/c1-6-8-10-12-13-14-15-16-17-18-19-20-21-22-23-24-25-26-27-28-30-32-34-42(46)51-39(38-50-41(45)33-31-29-11-9-7-2)37-49-36-35-40(43(47)48)44(3,4)5/h39-40H,6-38H2,1-5H3/p+1. The zero-order valence-electron chi connectivity index (χ0n) is 34.3. The van der Waals surface area contributed by atoms with Crippen molar-refractivity contribution in [2.24, 2.45) is 0 Å². The highest BCUT2D eigenvalue weighted by molar-refractivity contribution is 5.72. The first-order valence-electron chi connectivity index (χ1n) is 21.6. The number of aliphatic carboxylic acids is 1. The molecule has 0 heterocycles. The summed E-state index contributed by atoms with van der Waals surface area (Å²) in [6.45, 7) is 4.68. The molecule has 0 aromatic rings. The van der Waals surface area contributed by atoms with Gasteiger partial charge in [-0.25, -0.2) is 4.79 Å². The molecule has 0 spiro atoms. The van der Waals surface area contributed by atoms with Crippen LogP contribution in [-0.2, 0) is 28.6 Å². The maximum absolute atomic E-state index is 12.6. The highest BCUT2D eigenvalue weighted by atomic mass is 16.6. The molecule has 0 amide bonds. The van der Waals surface area contributed by atoms with Gasteiger partial charge in [0.1, 0.15) is 6.61 Å². The third kappa shape index (κ3) is 33.9. The van der Waals surface area contributed by atoms with Crippen LogP contribution in [-0.4, -0.2) is 80.6 Å². The summed E-state index contributed by atoms with van der Waals surface area (Å²) in [6, 6.07) is -0.606. The van der Waals surface area contributed by atoms with Crippen LogP contribution in [0.25, 0.3) is 0 Å². The van der Waals surface area contributed by atoms with Crippen molar-refractivity contribution in [3.63, 3.8) is 0 Å². The molecule has 0 radical (unpaired) electrons. The average Bonchev–Trinajstić information content (AvgIpc) is 3.08. The van der Waals surface area contributed by atoms with Gasteiger partial charge in [-0.15, -0.1) is 0 Å². The van der Waals surface area contributed by atoms with E-state index in [4.69, 9.17) is 14.2 Å². The van der Waals surface area contributed by atoms with Crippen LogP contribution in [0.1, 0.15) is 206 Å². The van der Waals surface area contributed by atoms with E-state index in [-0.39, 0.29) is 36.2 Å². The first-order chi connectivity index (χ1) is 24.6. The molecule has 302 valence electrons. The SMILES string of the molecule is CCCCCCCCCCCCCCCCCCCCCCCCC(=O)OC(COCCC(C(=O)O)[N+](C)(C)C)COC(=O)CCCCCCC. The van der Waals surface area contributed by atoms with E-state index in [9.17, 15) is 19.5 Å². The number of carbonyl (C=O) groups is 3. The Morgan fingerprint density at radius 2 is 0.863 bits per heavy atom. The van der Waals surface area contributed by atoms with Crippen LogP contribution < -0.4 is 0 Å². The van der Waals surface area contributed by atoms with Gasteiger partial charge in [0, 0.05) is 19.3 Å². The molecule has 2 unspecified atom stereocenters. The number of hydrogen-bond donors (Lipinski definition) is 1. The maximum atomic E-state index is 12.6. The van der Waals surface area contributed by atoms with Crippen LogP contribution >= 0.6 is 0 Å². The number of nitrogens with zero attached hydrogens (tertiary/aromatic N) is 1. The average molecular weight is 727 g/mol. The van der Waals surface area contributed by atoms with Gasteiger partial charge in [-0.2, -0.15) is 0 Å². The van der Waals surface area contributed by atoms with Crippen molar-refractivity contribution < 1.29 is 38.2 Å². The zero-order valence-corrected chi connectivity index (χ0v) is 34.3. The molecule has 0 aliphatic rings. The van der Waals surface area contributed by atoms with Gasteiger partial charge < -0.3 is 23.8 Å². The van der Waals surface area contributed by atoms with Crippen LogP contribution in [0.2, 0.25) is 0 Å². The molecule has 0 fully saturated rings. The fourth-order valence-corrected chi connectivity index (χ4v) is 6.62. The highest BCUT2D eigenvalue weighted by Gasteiger charge is 2.31. The number of unbranched alkanes of at least 4 members (excludes halogenated alkanes) is 25. The molecule has 1 N–H and O–H groups in total. The number of carbonyl (C=O) groups excluding carboxylic acids is 2. The van der Waals surface area contributed by atoms with E-state index in [2.05, 4.69) is 13.8 Å². The van der Waals surface area contributed by atoms with Crippen molar-refractivity contribution in [3.8, 4) is 0 Å². The lowest BCUT2D eigenvalue weighted by Gasteiger charge is -2.31. The Morgan fingerprint density at radius 3 is 1.22 bits per heavy atom. The van der Waals surface area contributed by atoms with Gasteiger partial charge in [-0.1, -0.05) is 174 Å². The molecule has 0 bridgehead atoms. The number of hydrogen-bond acceptors (Lipinski definition) is 6. The number of quaternary nitrogens is 1. The second-order valence-corrected chi connectivity index (χ2v) is 16.0. The summed E-state index contributed by atoms with van der Waals surface area (Å²) in [4.78, 5) is 36.6. The number of esters is 2. The molecule has 8 nitrogen and oxygen atoms in total. The second kappa shape index (κ2) is 35.4. The summed E-state index contributed by atoms with van der Waals surface area (Å²) < 4.78 is 17.1. The fraction of sp³-hybridized carbons (Fsp3) is 0.930. The van der Waals surface area contributed by atoms with Crippen LogP contribution in [0.3, 0.4) is 0 Å². The Morgan fingerprint density at radius 1 is 0.510 bits per heavy atom. The predicted octanol–water partition coefficient (Wildman–Crippen LogP) is 11.4. The van der Waals surface area contributed by atoms with Crippen molar-refractivity contribution in [1.29, 1.82) is 0 Å². The summed E-state index contributed by atoms with van der Waals surface area (Å²) in [5.41, 5.74) is 0.